The normalized spacial score (nSPS) is 14.5. The molecule has 1 aliphatic heterocycles. The first-order valence-electron chi connectivity index (χ1n) is 6.38. The first-order chi connectivity index (χ1) is 10.6. The zero-order chi connectivity index (χ0) is 15.7. The molecule has 110 valence electrons. The number of amides is 3. The number of aromatic nitrogens is 1. The Kier molecular flexibility index (Phi) is 3.26. The van der Waals surface area contributed by atoms with Crippen LogP contribution in [0.25, 0.3) is 0 Å². The Morgan fingerprint density at radius 3 is 2.50 bits per heavy atom. The van der Waals surface area contributed by atoms with E-state index in [1.807, 2.05) is 0 Å². The van der Waals surface area contributed by atoms with Crippen LogP contribution in [0, 0.1) is 10.1 Å². The van der Waals surface area contributed by atoms with E-state index in [1.165, 1.54) is 18.3 Å². The number of carbonyl (C=O) groups is 2. The van der Waals surface area contributed by atoms with E-state index >= 15 is 0 Å². The van der Waals surface area contributed by atoms with Gasteiger partial charge in [0.15, 0.2) is 0 Å². The Balaban J connectivity index is 2.01. The maximum absolute atomic E-state index is 12.5. The lowest BCUT2D eigenvalue weighted by Crippen LogP contribution is -2.33. The zero-order valence-electron chi connectivity index (χ0n) is 11.2. The second-order valence-electron chi connectivity index (χ2n) is 4.54. The van der Waals surface area contributed by atoms with Crippen molar-refractivity contribution in [2.24, 2.45) is 0 Å². The van der Waals surface area contributed by atoms with Crippen molar-refractivity contribution in [3.8, 4) is 0 Å². The summed E-state index contributed by atoms with van der Waals surface area (Å²) in [7, 11) is 0. The molecule has 1 fully saturated rings. The molecule has 0 N–H and O–H groups in total. The standard InChI is InChI=1S/C14H10N4O4/c19-12-9-16(13-11(18(21)22)7-4-8-15-13)14(20)17(12)10-5-2-1-3-6-10/h1-8H,9H2. The maximum Gasteiger partial charge on any atom is 0.337 e. The highest BCUT2D eigenvalue weighted by Crippen LogP contribution is 2.30. The highest BCUT2D eigenvalue weighted by Gasteiger charge is 2.41. The van der Waals surface area contributed by atoms with Gasteiger partial charge in [-0.05, 0) is 18.2 Å². The third-order valence-corrected chi connectivity index (χ3v) is 3.20. The van der Waals surface area contributed by atoms with Crippen LogP contribution in [-0.4, -0.2) is 28.4 Å². The van der Waals surface area contributed by atoms with Gasteiger partial charge in [-0.1, -0.05) is 18.2 Å². The summed E-state index contributed by atoms with van der Waals surface area (Å²) < 4.78 is 0. The summed E-state index contributed by atoms with van der Waals surface area (Å²) in [6.07, 6.45) is 1.34. The summed E-state index contributed by atoms with van der Waals surface area (Å²) in [5, 5.41) is 11.0. The molecular formula is C14H10N4O4. The van der Waals surface area contributed by atoms with Crippen LogP contribution >= 0.6 is 0 Å². The molecule has 2 aromatic rings. The summed E-state index contributed by atoms with van der Waals surface area (Å²) in [6.45, 7) is -0.286. The van der Waals surface area contributed by atoms with Gasteiger partial charge in [0.1, 0.15) is 6.54 Å². The van der Waals surface area contributed by atoms with Crippen molar-refractivity contribution in [2.45, 2.75) is 0 Å². The van der Waals surface area contributed by atoms with Gasteiger partial charge in [-0.2, -0.15) is 0 Å². The summed E-state index contributed by atoms with van der Waals surface area (Å²) in [5.41, 5.74) is 0.0946. The molecule has 0 saturated carbocycles. The van der Waals surface area contributed by atoms with Crippen molar-refractivity contribution in [3.63, 3.8) is 0 Å². The number of urea groups is 1. The van der Waals surface area contributed by atoms with Crippen LogP contribution < -0.4 is 9.80 Å². The Labute approximate surface area is 124 Å². The van der Waals surface area contributed by atoms with Gasteiger partial charge in [0, 0.05) is 12.3 Å². The molecule has 3 rings (SSSR count). The van der Waals surface area contributed by atoms with Crippen molar-refractivity contribution in [3.05, 3.63) is 58.8 Å². The summed E-state index contributed by atoms with van der Waals surface area (Å²) in [6, 6.07) is 10.4. The van der Waals surface area contributed by atoms with Crippen molar-refractivity contribution in [2.75, 3.05) is 16.3 Å². The van der Waals surface area contributed by atoms with E-state index in [1.54, 1.807) is 30.3 Å². The third kappa shape index (κ3) is 2.16. The molecule has 0 unspecified atom stereocenters. The first kappa shape index (κ1) is 13.7. The van der Waals surface area contributed by atoms with Gasteiger partial charge in [0.05, 0.1) is 10.6 Å². The van der Waals surface area contributed by atoms with Crippen LogP contribution in [0.15, 0.2) is 48.7 Å². The molecule has 1 aromatic heterocycles. The van der Waals surface area contributed by atoms with Crippen LogP contribution in [0.3, 0.4) is 0 Å². The van der Waals surface area contributed by atoms with Gasteiger partial charge in [0.25, 0.3) is 5.91 Å². The topological polar surface area (TPSA) is 96.6 Å². The summed E-state index contributed by atoms with van der Waals surface area (Å²) in [5.74, 6) is -0.597. The molecule has 8 nitrogen and oxygen atoms in total. The number of nitrogens with zero attached hydrogens (tertiary/aromatic N) is 4. The van der Waals surface area contributed by atoms with Crippen molar-refractivity contribution < 1.29 is 14.5 Å². The van der Waals surface area contributed by atoms with E-state index in [4.69, 9.17) is 0 Å². The van der Waals surface area contributed by atoms with E-state index in [-0.39, 0.29) is 18.1 Å². The van der Waals surface area contributed by atoms with Gasteiger partial charge in [-0.25, -0.2) is 14.7 Å². The largest absolute Gasteiger partial charge is 0.337 e. The average Bonchev–Trinajstić information content (AvgIpc) is 2.83. The van der Waals surface area contributed by atoms with E-state index < -0.39 is 16.9 Å². The number of hydrogen-bond acceptors (Lipinski definition) is 5. The predicted molar refractivity (Wildman–Crippen MR) is 77.6 cm³/mol. The maximum atomic E-state index is 12.5. The van der Waals surface area contributed by atoms with Crippen molar-refractivity contribution in [1.29, 1.82) is 0 Å². The molecule has 0 radical (unpaired) electrons. The molecule has 1 aliphatic rings. The van der Waals surface area contributed by atoms with Crippen LogP contribution in [0.1, 0.15) is 0 Å². The van der Waals surface area contributed by atoms with E-state index in [0.717, 1.165) is 9.80 Å². The lowest BCUT2D eigenvalue weighted by molar-refractivity contribution is -0.384. The number of imide groups is 1. The first-order valence-corrected chi connectivity index (χ1v) is 6.38. The monoisotopic (exact) mass is 298 g/mol. The fourth-order valence-corrected chi connectivity index (χ4v) is 2.24. The van der Waals surface area contributed by atoms with Crippen LogP contribution in [0.4, 0.5) is 22.0 Å². The number of nitro groups is 1. The molecule has 0 atom stereocenters. The molecule has 0 spiro atoms. The van der Waals surface area contributed by atoms with Crippen LogP contribution in [-0.2, 0) is 4.79 Å². The zero-order valence-corrected chi connectivity index (χ0v) is 11.2. The Hall–Kier alpha value is -3.29. The van der Waals surface area contributed by atoms with Gasteiger partial charge in [-0.3, -0.25) is 19.8 Å². The van der Waals surface area contributed by atoms with E-state index in [0.29, 0.717) is 5.69 Å². The van der Waals surface area contributed by atoms with Gasteiger partial charge in [-0.15, -0.1) is 0 Å². The number of pyridine rings is 1. The number of carbonyl (C=O) groups excluding carboxylic acids is 2. The Morgan fingerprint density at radius 2 is 1.82 bits per heavy atom. The second-order valence-corrected chi connectivity index (χ2v) is 4.54. The Morgan fingerprint density at radius 1 is 1.09 bits per heavy atom. The lowest BCUT2D eigenvalue weighted by atomic mass is 10.3. The molecule has 1 saturated heterocycles. The highest BCUT2D eigenvalue weighted by molar-refractivity contribution is 6.27. The number of rotatable bonds is 3. The van der Waals surface area contributed by atoms with E-state index in [2.05, 4.69) is 4.98 Å². The average molecular weight is 298 g/mol. The number of hydrogen-bond donors (Lipinski definition) is 0. The Bertz CT molecular complexity index is 762. The summed E-state index contributed by atoms with van der Waals surface area (Å²) in [4.78, 5) is 40.9. The highest BCUT2D eigenvalue weighted by atomic mass is 16.6. The fourth-order valence-electron chi connectivity index (χ4n) is 2.24. The second kappa shape index (κ2) is 5.24. The minimum Gasteiger partial charge on any atom is -0.272 e. The van der Waals surface area contributed by atoms with Crippen molar-refractivity contribution in [1.82, 2.24) is 4.98 Å². The smallest absolute Gasteiger partial charge is 0.272 e. The lowest BCUT2D eigenvalue weighted by Gasteiger charge is -2.16. The molecule has 22 heavy (non-hydrogen) atoms. The van der Waals surface area contributed by atoms with Crippen molar-refractivity contribution >= 4 is 29.1 Å². The molecule has 8 heteroatoms. The van der Waals surface area contributed by atoms with Gasteiger partial charge >= 0.3 is 11.7 Å². The fraction of sp³-hybridized carbons (Fsp3) is 0.0714. The number of anilines is 2. The molecule has 2 heterocycles. The van der Waals surface area contributed by atoms with Crippen LogP contribution in [0.2, 0.25) is 0 Å². The molecule has 0 bridgehead atoms. The predicted octanol–water partition coefficient (Wildman–Crippen LogP) is 1.96. The minimum atomic E-state index is -0.655. The molecule has 1 aromatic carbocycles. The number of benzene rings is 1. The molecule has 3 amide bonds. The minimum absolute atomic E-state index is 0.135. The molecular weight excluding hydrogens is 288 g/mol. The van der Waals surface area contributed by atoms with Gasteiger partial charge < -0.3 is 0 Å². The molecule has 0 aliphatic carbocycles. The third-order valence-electron chi connectivity index (χ3n) is 3.20. The summed E-state index contributed by atoms with van der Waals surface area (Å²) >= 11 is 0. The number of para-hydroxylation sites is 1. The SMILES string of the molecule is O=C1CN(c2ncccc2[N+](=O)[O-])C(=O)N1c1ccccc1. The van der Waals surface area contributed by atoms with E-state index in [9.17, 15) is 19.7 Å². The van der Waals surface area contributed by atoms with Crippen LogP contribution in [0.5, 0.6) is 0 Å². The van der Waals surface area contributed by atoms with Gasteiger partial charge in [0.2, 0.25) is 5.82 Å². The quantitative estimate of drug-likeness (QED) is 0.490.